The van der Waals surface area contributed by atoms with Crippen molar-refractivity contribution in [1.29, 1.82) is 0 Å². The lowest BCUT2D eigenvalue weighted by molar-refractivity contribution is -0.136. The molecular formula is C20H22N2O3. The summed E-state index contributed by atoms with van der Waals surface area (Å²) in [6.45, 7) is 0.0331. The Labute approximate surface area is 147 Å². The number of hydrogen-bond acceptors (Lipinski definition) is 3. The Morgan fingerprint density at radius 2 is 1.76 bits per heavy atom. The van der Waals surface area contributed by atoms with E-state index < -0.39 is 17.9 Å². The molecule has 0 saturated heterocycles. The first-order valence-corrected chi connectivity index (χ1v) is 8.55. The molecule has 0 spiro atoms. The summed E-state index contributed by atoms with van der Waals surface area (Å²) in [4.78, 5) is 23.9. The zero-order chi connectivity index (χ0) is 17.6. The minimum absolute atomic E-state index is 0.0331. The number of nitrogens with one attached hydrogen (secondary N) is 2. The number of aliphatic hydroxyl groups is 1. The van der Waals surface area contributed by atoms with Crippen molar-refractivity contribution < 1.29 is 14.7 Å². The van der Waals surface area contributed by atoms with Gasteiger partial charge >= 0.3 is 11.8 Å². The summed E-state index contributed by atoms with van der Waals surface area (Å²) in [5.41, 5.74) is 4.15. The first-order chi connectivity index (χ1) is 12.1. The van der Waals surface area contributed by atoms with Crippen molar-refractivity contribution in [3.05, 3.63) is 65.2 Å². The molecule has 0 bridgehead atoms. The second-order valence-corrected chi connectivity index (χ2v) is 6.34. The third-order valence-electron chi connectivity index (χ3n) is 4.37. The lowest BCUT2D eigenvalue weighted by Crippen LogP contribution is -2.40. The van der Waals surface area contributed by atoms with Gasteiger partial charge in [0.15, 0.2) is 0 Å². The van der Waals surface area contributed by atoms with E-state index in [1.165, 1.54) is 11.1 Å². The zero-order valence-electron chi connectivity index (χ0n) is 14.0. The summed E-state index contributed by atoms with van der Waals surface area (Å²) in [6.07, 6.45) is 2.90. The average molecular weight is 338 g/mol. The topological polar surface area (TPSA) is 78.4 Å². The van der Waals surface area contributed by atoms with Gasteiger partial charge in [-0.2, -0.15) is 0 Å². The van der Waals surface area contributed by atoms with Gasteiger partial charge in [-0.15, -0.1) is 0 Å². The summed E-state index contributed by atoms with van der Waals surface area (Å²) in [5, 5.41) is 15.1. The molecule has 1 aliphatic rings. The minimum Gasteiger partial charge on any atom is -0.391 e. The molecule has 25 heavy (non-hydrogen) atoms. The van der Waals surface area contributed by atoms with E-state index in [4.69, 9.17) is 0 Å². The standard InChI is InChI=1S/C20H22N2O3/c23-18(11-14-5-2-1-3-6-14)13-21-19(24)20(25)22-17-10-9-15-7-4-8-16(15)12-17/h1-3,5-6,9-10,12,18,23H,4,7-8,11,13H2,(H,21,24)(H,22,25). The van der Waals surface area contributed by atoms with Crippen LogP contribution in [0.15, 0.2) is 48.5 Å². The molecule has 1 aliphatic carbocycles. The third kappa shape index (κ3) is 4.67. The molecule has 3 N–H and O–H groups in total. The lowest BCUT2D eigenvalue weighted by atomic mass is 10.1. The molecular weight excluding hydrogens is 316 g/mol. The number of fused-ring (bicyclic) bond motifs is 1. The van der Waals surface area contributed by atoms with Gasteiger partial charge in [-0.1, -0.05) is 36.4 Å². The van der Waals surface area contributed by atoms with E-state index in [9.17, 15) is 14.7 Å². The Kier molecular flexibility index (Phi) is 5.46. The molecule has 2 aromatic carbocycles. The van der Waals surface area contributed by atoms with Crippen molar-refractivity contribution in [1.82, 2.24) is 5.32 Å². The number of anilines is 1. The Morgan fingerprint density at radius 1 is 1.00 bits per heavy atom. The van der Waals surface area contributed by atoms with Gasteiger partial charge in [-0.25, -0.2) is 0 Å². The fourth-order valence-electron chi connectivity index (χ4n) is 3.09. The predicted molar refractivity (Wildman–Crippen MR) is 96.3 cm³/mol. The minimum atomic E-state index is -0.743. The van der Waals surface area contributed by atoms with Crippen molar-refractivity contribution >= 4 is 17.5 Å². The molecule has 2 aromatic rings. The van der Waals surface area contributed by atoms with E-state index in [2.05, 4.69) is 10.6 Å². The van der Waals surface area contributed by atoms with Gasteiger partial charge < -0.3 is 15.7 Å². The van der Waals surface area contributed by atoms with E-state index in [0.29, 0.717) is 12.1 Å². The number of hydrogen-bond donors (Lipinski definition) is 3. The van der Waals surface area contributed by atoms with Crippen LogP contribution in [0.1, 0.15) is 23.1 Å². The highest BCUT2D eigenvalue weighted by atomic mass is 16.3. The predicted octanol–water partition coefficient (Wildman–Crippen LogP) is 1.83. The second-order valence-electron chi connectivity index (χ2n) is 6.34. The Balaban J connectivity index is 1.47. The van der Waals surface area contributed by atoms with Crippen LogP contribution in [-0.4, -0.2) is 29.6 Å². The molecule has 5 heteroatoms. The number of amides is 2. The van der Waals surface area contributed by atoms with Crippen LogP contribution in [0.5, 0.6) is 0 Å². The maximum absolute atomic E-state index is 12.0. The number of rotatable bonds is 5. The number of carbonyl (C=O) groups excluding carboxylic acids is 2. The first-order valence-electron chi connectivity index (χ1n) is 8.55. The van der Waals surface area contributed by atoms with Gasteiger partial charge in [0.05, 0.1) is 6.10 Å². The monoisotopic (exact) mass is 338 g/mol. The number of carbonyl (C=O) groups is 2. The van der Waals surface area contributed by atoms with Crippen LogP contribution < -0.4 is 10.6 Å². The number of aliphatic hydroxyl groups excluding tert-OH is 1. The van der Waals surface area contributed by atoms with E-state index in [0.717, 1.165) is 24.8 Å². The SMILES string of the molecule is O=C(NCC(O)Cc1ccccc1)C(=O)Nc1ccc2c(c1)CCC2. The fourth-order valence-corrected chi connectivity index (χ4v) is 3.09. The van der Waals surface area contributed by atoms with E-state index in [1.807, 2.05) is 48.5 Å². The van der Waals surface area contributed by atoms with Crippen molar-refractivity contribution in [2.24, 2.45) is 0 Å². The normalized spacial score (nSPS) is 13.8. The quantitative estimate of drug-likeness (QED) is 0.728. The molecule has 1 unspecified atom stereocenters. The van der Waals surface area contributed by atoms with Gasteiger partial charge in [0, 0.05) is 18.7 Å². The molecule has 0 aliphatic heterocycles. The van der Waals surface area contributed by atoms with Crippen molar-refractivity contribution in [2.45, 2.75) is 31.8 Å². The van der Waals surface area contributed by atoms with Gasteiger partial charge in [0.25, 0.3) is 0 Å². The molecule has 1 atom stereocenters. The fraction of sp³-hybridized carbons (Fsp3) is 0.300. The number of aryl methyl sites for hydroxylation is 2. The smallest absolute Gasteiger partial charge is 0.313 e. The molecule has 0 heterocycles. The van der Waals surface area contributed by atoms with Gasteiger partial charge in [0.2, 0.25) is 0 Å². The van der Waals surface area contributed by atoms with Crippen molar-refractivity contribution in [2.75, 3.05) is 11.9 Å². The largest absolute Gasteiger partial charge is 0.391 e. The first kappa shape index (κ1) is 17.2. The van der Waals surface area contributed by atoms with Crippen molar-refractivity contribution in [3.63, 3.8) is 0 Å². The summed E-state index contributed by atoms with van der Waals surface area (Å²) in [5.74, 6) is -1.46. The molecule has 5 nitrogen and oxygen atoms in total. The van der Waals surface area contributed by atoms with E-state index in [1.54, 1.807) is 0 Å². The highest BCUT2D eigenvalue weighted by Gasteiger charge is 2.17. The Morgan fingerprint density at radius 3 is 2.56 bits per heavy atom. The van der Waals surface area contributed by atoms with Crippen LogP contribution in [-0.2, 0) is 28.9 Å². The van der Waals surface area contributed by atoms with Crippen molar-refractivity contribution in [3.8, 4) is 0 Å². The molecule has 3 rings (SSSR count). The van der Waals surface area contributed by atoms with E-state index in [-0.39, 0.29) is 6.54 Å². The molecule has 0 fully saturated rings. The molecule has 0 aromatic heterocycles. The zero-order valence-corrected chi connectivity index (χ0v) is 14.0. The molecule has 0 saturated carbocycles. The Bertz CT molecular complexity index is 759. The third-order valence-corrected chi connectivity index (χ3v) is 4.37. The van der Waals surface area contributed by atoms with Crippen LogP contribution >= 0.6 is 0 Å². The van der Waals surface area contributed by atoms with Crippen LogP contribution in [0.2, 0.25) is 0 Å². The van der Waals surface area contributed by atoms with Crippen LogP contribution in [0.3, 0.4) is 0 Å². The second kappa shape index (κ2) is 7.94. The molecule has 2 amide bonds. The van der Waals surface area contributed by atoms with Gasteiger partial charge in [-0.05, 0) is 48.1 Å². The summed E-state index contributed by atoms with van der Waals surface area (Å²) >= 11 is 0. The molecule has 0 radical (unpaired) electrons. The number of benzene rings is 2. The maximum atomic E-state index is 12.0. The Hall–Kier alpha value is -2.66. The highest BCUT2D eigenvalue weighted by molar-refractivity contribution is 6.39. The summed E-state index contributed by atoms with van der Waals surface area (Å²) < 4.78 is 0. The van der Waals surface area contributed by atoms with Gasteiger partial charge in [0.1, 0.15) is 0 Å². The lowest BCUT2D eigenvalue weighted by Gasteiger charge is -2.12. The summed E-state index contributed by atoms with van der Waals surface area (Å²) in [7, 11) is 0. The average Bonchev–Trinajstić information content (AvgIpc) is 3.08. The van der Waals surface area contributed by atoms with Crippen LogP contribution in [0.4, 0.5) is 5.69 Å². The summed E-state index contributed by atoms with van der Waals surface area (Å²) in [6, 6.07) is 15.3. The van der Waals surface area contributed by atoms with E-state index >= 15 is 0 Å². The highest BCUT2D eigenvalue weighted by Crippen LogP contribution is 2.24. The van der Waals surface area contributed by atoms with Crippen LogP contribution in [0.25, 0.3) is 0 Å². The maximum Gasteiger partial charge on any atom is 0.313 e. The molecule has 130 valence electrons. The van der Waals surface area contributed by atoms with Gasteiger partial charge in [-0.3, -0.25) is 9.59 Å². The van der Waals surface area contributed by atoms with Crippen LogP contribution in [0, 0.1) is 0 Å².